The third kappa shape index (κ3) is 4.69. The highest BCUT2D eigenvalue weighted by molar-refractivity contribution is 5.96. The lowest BCUT2D eigenvalue weighted by Crippen LogP contribution is -2.39. The first-order valence-corrected chi connectivity index (χ1v) is 9.02. The van der Waals surface area contributed by atoms with Crippen LogP contribution in [-0.2, 0) is 11.3 Å². The van der Waals surface area contributed by atoms with Gasteiger partial charge < -0.3 is 20.0 Å². The van der Waals surface area contributed by atoms with Crippen LogP contribution in [0.2, 0.25) is 0 Å². The van der Waals surface area contributed by atoms with Crippen molar-refractivity contribution in [3.05, 3.63) is 71.2 Å². The molecular formula is C21H24N4O3. The summed E-state index contributed by atoms with van der Waals surface area (Å²) in [7, 11) is 1.90. The number of carbonyl (C=O) groups is 1. The van der Waals surface area contributed by atoms with Crippen LogP contribution >= 0.6 is 0 Å². The highest BCUT2D eigenvalue weighted by atomic mass is 16.5. The zero-order chi connectivity index (χ0) is 20.1. The van der Waals surface area contributed by atoms with Crippen molar-refractivity contribution in [1.82, 2.24) is 14.9 Å². The van der Waals surface area contributed by atoms with E-state index < -0.39 is 0 Å². The number of aromatic nitrogens is 2. The molecule has 3 aromatic rings. The number of fused-ring (bicyclic) bond motifs is 1. The first kappa shape index (κ1) is 19.4. The summed E-state index contributed by atoms with van der Waals surface area (Å²) < 4.78 is 5.48. The molecule has 3 N–H and O–H groups in total. The Kier molecular flexibility index (Phi) is 5.96. The number of likely N-dealkylation sites (N-methyl/N-ethyl adjacent to an activating group) is 1. The quantitative estimate of drug-likeness (QED) is 0.524. The summed E-state index contributed by atoms with van der Waals surface area (Å²) in [6, 6.07) is 12.7. The fourth-order valence-electron chi connectivity index (χ4n) is 2.83. The van der Waals surface area contributed by atoms with Gasteiger partial charge in [0.2, 0.25) is 5.91 Å². The Bertz CT molecular complexity index is 1020. The first-order chi connectivity index (χ1) is 13.5. The number of benzene rings is 2. The predicted octanol–water partition coefficient (Wildman–Crippen LogP) is 2.88. The Labute approximate surface area is 163 Å². The van der Waals surface area contributed by atoms with E-state index in [1.54, 1.807) is 24.3 Å². The van der Waals surface area contributed by atoms with Gasteiger partial charge in [0.25, 0.3) is 0 Å². The number of ether oxygens (including phenoxy) is 1. The molecule has 0 aliphatic rings. The van der Waals surface area contributed by atoms with Crippen molar-refractivity contribution < 1.29 is 9.53 Å². The summed E-state index contributed by atoms with van der Waals surface area (Å²) >= 11 is 0. The van der Waals surface area contributed by atoms with E-state index in [1.165, 1.54) is 0 Å². The summed E-state index contributed by atoms with van der Waals surface area (Å²) in [5.41, 5.74) is 2.81. The third-order valence-electron chi connectivity index (χ3n) is 4.55. The average molecular weight is 380 g/mol. The molecule has 7 nitrogen and oxygen atoms in total. The molecule has 0 spiro atoms. The maximum atomic E-state index is 12.6. The molecule has 1 heterocycles. The van der Waals surface area contributed by atoms with Crippen LogP contribution in [0.1, 0.15) is 12.5 Å². The van der Waals surface area contributed by atoms with Crippen LogP contribution in [0, 0.1) is 0 Å². The molecule has 0 fully saturated rings. The van der Waals surface area contributed by atoms with Gasteiger partial charge in [-0.05, 0) is 49.9 Å². The highest BCUT2D eigenvalue weighted by Gasteiger charge is 2.18. The number of hydrogen-bond donors (Lipinski definition) is 3. The van der Waals surface area contributed by atoms with Gasteiger partial charge in [-0.25, -0.2) is 4.79 Å². The van der Waals surface area contributed by atoms with Crippen LogP contribution < -0.4 is 15.7 Å². The average Bonchev–Trinajstić information content (AvgIpc) is 3.06. The molecule has 0 saturated carbocycles. The van der Waals surface area contributed by atoms with E-state index >= 15 is 0 Å². The van der Waals surface area contributed by atoms with Crippen LogP contribution in [0.5, 0.6) is 5.75 Å². The lowest BCUT2D eigenvalue weighted by Gasteiger charge is -2.24. The van der Waals surface area contributed by atoms with Crippen molar-refractivity contribution in [2.24, 2.45) is 0 Å². The van der Waals surface area contributed by atoms with Gasteiger partial charge in [-0.1, -0.05) is 24.8 Å². The Morgan fingerprint density at radius 3 is 2.64 bits per heavy atom. The molecule has 0 unspecified atom stereocenters. The summed E-state index contributed by atoms with van der Waals surface area (Å²) in [5.74, 6) is 0.668. The molecule has 0 saturated heterocycles. The van der Waals surface area contributed by atoms with Crippen molar-refractivity contribution in [3.8, 4) is 5.75 Å². The minimum atomic E-state index is -0.335. The van der Waals surface area contributed by atoms with Crippen LogP contribution in [0.15, 0.2) is 59.9 Å². The largest absolute Gasteiger partial charge is 0.490 e. The van der Waals surface area contributed by atoms with Gasteiger partial charge in [0.1, 0.15) is 12.4 Å². The zero-order valence-electron chi connectivity index (χ0n) is 16.0. The maximum absolute atomic E-state index is 12.6. The van der Waals surface area contributed by atoms with Crippen LogP contribution in [0.3, 0.4) is 0 Å². The SMILES string of the molecule is C=CCOc1ccc(CN(C)[C@H](C)C(=O)Nc2ccc3[nH]c(=O)[nH]c3c2)cc1. The van der Waals surface area contributed by atoms with E-state index in [0.717, 1.165) is 11.3 Å². The number of anilines is 1. The van der Waals surface area contributed by atoms with Crippen molar-refractivity contribution in [2.45, 2.75) is 19.5 Å². The molecule has 0 aliphatic carbocycles. The van der Waals surface area contributed by atoms with Gasteiger partial charge >= 0.3 is 5.69 Å². The molecule has 28 heavy (non-hydrogen) atoms. The van der Waals surface area contributed by atoms with E-state index in [1.807, 2.05) is 43.1 Å². The fraction of sp³-hybridized carbons (Fsp3) is 0.238. The number of imidazole rings is 1. The number of H-pyrrole nitrogens is 2. The lowest BCUT2D eigenvalue weighted by atomic mass is 10.1. The van der Waals surface area contributed by atoms with Crippen LogP contribution in [0.4, 0.5) is 5.69 Å². The Balaban J connectivity index is 1.59. The minimum Gasteiger partial charge on any atom is -0.490 e. The third-order valence-corrected chi connectivity index (χ3v) is 4.55. The van der Waals surface area contributed by atoms with Gasteiger partial charge in [0.15, 0.2) is 0 Å². The second-order valence-corrected chi connectivity index (χ2v) is 6.66. The van der Waals surface area contributed by atoms with Gasteiger partial charge in [-0.2, -0.15) is 0 Å². The van der Waals surface area contributed by atoms with Gasteiger partial charge in [0.05, 0.1) is 17.1 Å². The van der Waals surface area contributed by atoms with Crippen molar-refractivity contribution in [3.63, 3.8) is 0 Å². The molecule has 1 atom stereocenters. The maximum Gasteiger partial charge on any atom is 0.323 e. The summed E-state index contributed by atoms with van der Waals surface area (Å²) in [4.78, 5) is 31.3. The second-order valence-electron chi connectivity index (χ2n) is 6.66. The molecule has 7 heteroatoms. The van der Waals surface area contributed by atoms with Crippen LogP contribution in [-0.4, -0.2) is 40.5 Å². The number of rotatable bonds is 8. The van der Waals surface area contributed by atoms with Gasteiger partial charge in [-0.15, -0.1) is 0 Å². The standard InChI is InChI=1S/C21H24N4O3/c1-4-11-28-17-8-5-15(6-9-17)13-25(3)14(2)20(26)22-16-7-10-18-19(12-16)24-21(27)23-18/h4-10,12,14H,1,11,13H2,2-3H3,(H,22,26)(H2,23,24,27)/t14-/m1/s1. The number of carbonyl (C=O) groups excluding carboxylic acids is 1. The van der Waals surface area contributed by atoms with E-state index in [0.29, 0.717) is 29.9 Å². The van der Waals surface area contributed by atoms with Crippen molar-refractivity contribution in [2.75, 3.05) is 19.0 Å². The first-order valence-electron chi connectivity index (χ1n) is 9.02. The molecule has 0 radical (unpaired) electrons. The monoisotopic (exact) mass is 380 g/mol. The number of nitrogens with one attached hydrogen (secondary N) is 3. The normalized spacial score (nSPS) is 12.1. The molecule has 146 valence electrons. The Hall–Kier alpha value is -3.32. The van der Waals surface area contributed by atoms with E-state index in [-0.39, 0.29) is 17.6 Å². The lowest BCUT2D eigenvalue weighted by molar-refractivity contribution is -0.120. The molecule has 2 aromatic carbocycles. The van der Waals surface area contributed by atoms with Crippen LogP contribution in [0.25, 0.3) is 11.0 Å². The second kappa shape index (κ2) is 8.58. The molecule has 1 aromatic heterocycles. The topological polar surface area (TPSA) is 90.2 Å². The molecule has 1 amide bonds. The van der Waals surface area contributed by atoms with Crippen molar-refractivity contribution in [1.29, 1.82) is 0 Å². The number of amides is 1. The molecule has 3 rings (SSSR count). The molecule has 0 aliphatic heterocycles. The number of nitrogens with zero attached hydrogens (tertiary/aromatic N) is 1. The van der Waals surface area contributed by atoms with Crippen molar-refractivity contribution >= 4 is 22.6 Å². The van der Waals surface area contributed by atoms with Gasteiger partial charge in [0, 0.05) is 12.2 Å². The molecular weight excluding hydrogens is 356 g/mol. The summed E-state index contributed by atoms with van der Waals surface area (Å²) in [6.45, 7) is 6.58. The summed E-state index contributed by atoms with van der Waals surface area (Å²) in [6.07, 6.45) is 1.70. The van der Waals surface area contributed by atoms with E-state index in [4.69, 9.17) is 4.74 Å². The van der Waals surface area contributed by atoms with E-state index in [2.05, 4.69) is 21.9 Å². The fourth-order valence-corrected chi connectivity index (χ4v) is 2.83. The number of hydrogen-bond acceptors (Lipinski definition) is 4. The Morgan fingerprint density at radius 2 is 1.93 bits per heavy atom. The smallest absolute Gasteiger partial charge is 0.323 e. The number of aromatic amines is 2. The Morgan fingerprint density at radius 1 is 1.21 bits per heavy atom. The highest BCUT2D eigenvalue weighted by Crippen LogP contribution is 2.17. The van der Waals surface area contributed by atoms with Gasteiger partial charge in [-0.3, -0.25) is 9.69 Å². The minimum absolute atomic E-state index is 0.120. The summed E-state index contributed by atoms with van der Waals surface area (Å²) in [5, 5.41) is 2.90. The van der Waals surface area contributed by atoms with E-state index in [9.17, 15) is 9.59 Å². The molecule has 0 bridgehead atoms. The zero-order valence-corrected chi connectivity index (χ0v) is 16.0. The predicted molar refractivity (Wildman–Crippen MR) is 111 cm³/mol.